The zero-order chi connectivity index (χ0) is 16.3. The van der Waals surface area contributed by atoms with Crippen LogP contribution in [-0.2, 0) is 9.59 Å². The van der Waals surface area contributed by atoms with Gasteiger partial charge in [0.05, 0.1) is 0 Å². The second-order valence-electron chi connectivity index (χ2n) is 5.39. The number of amides is 1. The quantitative estimate of drug-likeness (QED) is 0.692. The van der Waals surface area contributed by atoms with Crippen molar-refractivity contribution in [2.75, 3.05) is 6.54 Å². The van der Waals surface area contributed by atoms with E-state index in [4.69, 9.17) is 5.11 Å². The molecule has 0 aromatic carbocycles. The predicted octanol–water partition coefficient (Wildman–Crippen LogP) is 3.84. The maximum Gasteiger partial charge on any atom is 0.327 e. The van der Waals surface area contributed by atoms with E-state index in [9.17, 15) is 9.59 Å². The van der Waals surface area contributed by atoms with Crippen LogP contribution < -0.4 is 0 Å². The van der Waals surface area contributed by atoms with Crippen molar-refractivity contribution in [2.45, 2.75) is 52.4 Å². The molecule has 0 radical (unpaired) electrons. The third kappa shape index (κ3) is 7.69. The summed E-state index contributed by atoms with van der Waals surface area (Å²) in [6.07, 6.45) is 9.66. The molecule has 0 spiro atoms. The van der Waals surface area contributed by atoms with Crippen molar-refractivity contribution in [3.05, 3.63) is 25.4 Å². The van der Waals surface area contributed by atoms with Gasteiger partial charge >= 0.3 is 5.97 Å². The van der Waals surface area contributed by atoms with Crippen molar-refractivity contribution in [3.8, 4) is 0 Å². The summed E-state index contributed by atoms with van der Waals surface area (Å²) >= 11 is 0. The lowest BCUT2D eigenvalue weighted by Gasteiger charge is -2.18. The van der Waals surface area contributed by atoms with Gasteiger partial charge in [-0.05, 0) is 25.0 Å². The second-order valence-corrected chi connectivity index (χ2v) is 5.39. The van der Waals surface area contributed by atoms with Crippen molar-refractivity contribution < 1.29 is 14.7 Å². The summed E-state index contributed by atoms with van der Waals surface area (Å²) in [6.45, 7) is 12.0. The van der Waals surface area contributed by atoms with Gasteiger partial charge in [0.25, 0.3) is 0 Å². The third-order valence-corrected chi connectivity index (χ3v) is 3.91. The van der Waals surface area contributed by atoms with Gasteiger partial charge in [0, 0.05) is 18.5 Å². The predicted molar refractivity (Wildman–Crippen MR) is 85.8 cm³/mol. The van der Waals surface area contributed by atoms with E-state index in [2.05, 4.69) is 27.0 Å². The molecule has 21 heavy (non-hydrogen) atoms. The minimum Gasteiger partial charge on any atom is -0.478 e. The number of hydrogen-bond acceptors (Lipinski definition) is 2. The summed E-state index contributed by atoms with van der Waals surface area (Å²) in [5.74, 6) is 0.313. The molecule has 1 amide bonds. The Labute approximate surface area is 128 Å². The average molecular weight is 295 g/mol. The van der Waals surface area contributed by atoms with E-state index in [1.54, 1.807) is 11.1 Å². The standard InChI is InChI=1S/C14H25NO.C3H4O2/c1-4-7-8-12(5-2)11-13-9-10-15(6-3)14(13)16;1-2-3(4)5/h6,12-13H,3-5,7-11H2,1-2H3;2H,1H2,(H,4,5). The van der Waals surface area contributed by atoms with E-state index in [-0.39, 0.29) is 5.92 Å². The van der Waals surface area contributed by atoms with Gasteiger partial charge in [0.15, 0.2) is 0 Å². The Bertz CT molecular complexity index is 352. The number of unbranched alkanes of at least 4 members (excludes halogenated alkanes) is 1. The first-order valence-corrected chi connectivity index (χ1v) is 7.78. The van der Waals surface area contributed by atoms with Crippen LogP contribution >= 0.6 is 0 Å². The Hall–Kier alpha value is -1.58. The average Bonchev–Trinajstić information content (AvgIpc) is 2.84. The molecule has 0 aliphatic carbocycles. The molecule has 1 heterocycles. The molecule has 0 saturated carbocycles. The Balaban J connectivity index is 0.000000690. The van der Waals surface area contributed by atoms with Crippen LogP contribution in [0.25, 0.3) is 0 Å². The molecule has 1 aliphatic rings. The van der Waals surface area contributed by atoms with Crippen LogP contribution in [0.4, 0.5) is 0 Å². The minimum absolute atomic E-state index is 0.264. The van der Waals surface area contributed by atoms with Gasteiger partial charge in [-0.15, -0.1) is 0 Å². The summed E-state index contributed by atoms with van der Waals surface area (Å²) in [5.41, 5.74) is 0. The van der Waals surface area contributed by atoms with Crippen LogP contribution in [0.5, 0.6) is 0 Å². The highest BCUT2D eigenvalue weighted by Crippen LogP contribution is 2.28. The number of hydrogen-bond donors (Lipinski definition) is 1. The molecular weight excluding hydrogens is 266 g/mol. The van der Waals surface area contributed by atoms with Crippen LogP contribution in [0, 0.1) is 11.8 Å². The molecule has 4 nitrogen and oxygen atoms in total. The first-order chi connectivity index (χ1) is 9.99. The van der Waals surface area contributed by atoms with Crippen LogP contribution in [0.1, 0.15) is 52.4 Å². The van der Waals surface area contributed by atoms with Crippen molar-refractivity contribution in [2.24, 2.45) is 11.8 Å². The third-order valence-electron chi connectivity index (χ3n) is 3.91. The van der Waals surface area contributed by atoms with Gasteiger partial charge in [-0.1, -0.05) is 52.7 Å². The number of carboxylic acid groups (broad SMARTS) is 1. The highest BCUT2D eigenvalue weighted by molar-refractivity contribution is 5.81. The van der Waals surface area contributed by atoms with E-state index in [0.29, 0.717) is 5.91 Å². The molecule has 120 valence electrons. The zero-order valence-electron chi connectivity index (χ0n) is 13.4. The summed E-state index contributed by atoms with van der Waals surface area (Å²) in [7, 11) is 0. The van der Waals surface area contributed by atoms with E-state index in [0.717, 1.165) is 31.4 Å². The molecule has 1 N–H and O–H groups in total. The lowest BCUT2D eigenvalue weighted by Crippen LogP contribution is -2.22. The normalized spacial score (nSPS) is 18.7. The smallest absolute Gasteiger partial charge is 0.327 e. The van der Waals surface area contributed by atoms with Crippen molar-refractivity contribution in [1.29, 1.82) is 0 Å². The van der Waals surface area contributed by atoms with Crippen LogP contribution in [0.2, 0.25) is 0 Å². The summed E-state index contributed by atoms with van der Waals surface area (Å²) in [5, 5.41) is 7.60. The van der Waals surface area contributed by atoms with Crippen molar-refractivity contribution >= 4 is 11.9 Å². The lowest BCUT2D eigenvalue weighted by atomic mass is 9.88. The molecule has 2 atom stereocenters. The molecule has 1 fully saturated rings. The first-order valence-electron chi connectivity index (χ1n) is 7.78. The number of carbonyl (C=O) groups excluding carboxylic acids is 1. The monoisotopic (exact) mass is 295 g/mol. The number of carboxylic acids is 1. The largest absolute Gasteiger partial charge is 0.478 e. The fourth-order valence-electron chi connectivity index (χ4n) is 2.55. The minimum atomic E-state index is -0.981. The van der Waals surface area contributed by atoms with Crippen LogP contribution in [0.3, 0.4) is 0 Å². The first kappa shape index (κ1) is 19.4. The molecular formula is C17H29NO3. The van der Waals surface area contributed by atoms with Gasteiger partial charge in [-0.25, -0.2) is 4.79 Å². The highest BCUT2D eigenvalue weighted by Gasteiger charge is 2.31. The van der Waals surface area contributed by atoms with E-state index >= 15 is 0 Å². The molecule has 2 unspecified atom stereocenters. The molecule has 0 aromatic heterocycles. The second kappa shape index (κ2) is 11.1. The Morgan fingerprint density at radius 2 is 2.10 bits per heavy atom. The van der Waals surface area contributed by atoms with Gasteiger partial charge in [0.2, 0.25) is 5.91 Å². The lowest BCUT2D eigenvalue weighted by molar-refractivity contribution is -0.131. The number of likely N-dealkylation sites (tertiary alicyclic amines) is 1. The summed E-state index contributed by atoms with van der Waals surface area (Å²) < 4.78 is 0. The van der Waals surface area contributed by atoms with E-state index < -0.39 is 5.97 Å². The number of carbonyl (C=O) groups is 2. The van der Waals surface area contributed by atoms with Gasteiger partial charge in [0.1, 0.15) is 0 Å². The van der Waals surface area contributed by atoms with Crippen LogP contribution in [-0.4, -0.2) is 28.4 Å². The number of aliphatic carboxylic acids is 1. The van der Waals surface area contributed by atoms with Crippen molar-refractivity contribution in [3.63, 3.8) is 0 Å². The maximum atomic E-state index is 11.9. The Morgan fingerprint density at radius 3 is 2.48 bits per heavy atom. The molecule has 1 aliphatic heterocycles. The number of rotatable bonds is 8. The number of nitrogens with zero attached hydrogens (tertiary/aromatic N) is 1. The van der Waals surface area contributed by atoms with Gasteiger partial charge in [-0.3, -0.25) is 4.79 Å². The molecule has 4 heteroatoms. The fraction of sp³-hybridized carbons (Fsp3) is 0.647. The summed E-state index contributed by atoms with van der Waals surface area (Å²) in [4.78, 5) is 22.9. The van der Waals surface area contributed by atoms with E-state index in [1.165, 1.54) is 25.7 Å². The maximum absolute atomic E-state index is 11.9. The summed E-state index contributed by atoms with van der Waals surface area (Å²) in [6, 6.07) is 0. The van der Waals surface area contributed by atoms with Gasteiger partial charge < -0.3 is 10.0 Å². The van der Waals surface area contributed by atoms with Crippen molar-refractivity contribution in [1.82, 2.24) is 4.90 Å². The van der Waals surface area contributed by atoms with E-state index in [1.807, 2.05) is 0 Å². The molecule has 1 saturated heterocycles. The topological polar surface area (TPSA) is 57.6 Å². The molecule has 0 aromatic rings. The molecule has 0 bridgehead atoms. The van der Waals surface area contributed by atoms with Crippen LogP contribution in [0.15, 0.2) is 25.4 Å². The molecule has 1 rings (SSSR count). The highest BCUT2D eigenvalue weighted by atomic mass is 16.4. The Morgan fingerprint density at radius 1 is 1.48 bits per heavy atom. The zero-order valence-corrected chi connectivity index (χ0v) is 13.4. The Kier molecular flexibility index (Phi) is 10.3. The van der Waals surface area contributed by atoms with Gasteiger partial charge in [-0.2, -0.15) is 0 Å². The fourth-order valence-corrected chi connectivity index (χ4v) is 2.55. The SMILES string of the molecule is C=CC(=O)O.C=CN1CCC(CC(CC)CCCC)C1=O.